The van der Waals surface area contributed by atoms with E-state index >= 15 is 0 Å². The number of ether oxygens (including phenoxy) is 1. The Hall–Kier alpha value is -2.87. The number of aliphatic hydroxyl groups is 1. The van der Waals surface area contributed by atoms with Gasteiger partial charge in [0.25, 0.3) is 0 Å². The van der Waals surface area contributed by atoms with Crippen molar-refractivity contribution in [2.24, 2.45) is 16.6 Å². The summed E-state index contributed by atoms with van der Waals surface area (Å²) >= 11 is 0. The molecule has 0 radical (unpaired) electrons. The largest absolute Gasteiger partial charge is 0.390 e. The standard InChI is InChI=1S/C21H24FN3O3/c1-15(26)25-20(21(27,28-2)13-24-14-23)12-17-9-10-18(19(22)11-17)6-4-3-5-16-7-8-16/h9-11,14,16,20,27H,7-8,12-13H2,1-2H3,(H2,23,24)(H,25,26)/t20-,21?/m0/s1. The maximum absolute atomic E-state index is 14.4. The summed E-state index contributed by atoms with van der Waals surface area (Å²) in [6, 6.07) is 3.68. The summed E-state index contributed by atoms with van der Waals surface area (Å²) in [5, 5.41) is 13.3. The molecule has 1 saturated carbocycles. The monoisotopic (exact) mass is 385 g/mol. The van der Waals surface area contributed by atoms with E-state index in [4.69, 9.17) is 10.5 Å². The molecule has 1 fully saturated rings. The van der Waals surface area contributed by atoms with Crippen LogP contribution >= 0.6 is 0 Å². The summed E-state index contributed by atoms with van der Waals surface area (Å²) in [6.45, 7) is 1.13. The summed E-state index contributed by atoms with van der Waals surface area (Å²) in [6.07, 6.45) is 3.37. The van der Waals surface area contributed by atoms with Gasteiger partial charge in [0.1, 0.15) is 5.82 Å². The third-order valence-corrected chi connectivity index (χ3v) is 4.29. The van der Waals surface area contributed by atoms with E-state index in [1.807, 2.05) is 0 Å². The van der Waals surface area contributed by atoms with Gasteiger partial charge in [-0.25, -0.2) is 4.39 Å². The van der Waals surface area contributed by atoms with E-state index in [1.165, 1.54) is 20.1 Å². The number of carbonyl (C=O) groups is 1. The molecular formula is C21H24FN3O3. The molecule has 1 aromatic rings. The molecule has 1 aromatic carbocycles. The fourth-order valence-corrected chi connectivity index (χ4v) is 2.56. The number of halogens is 1. The van der Waals surface area contributed by atoms with Crippen LogP contribution in [0, 0.1) is 35.4 Å². The van der Waals surface area contributed by atoms with Crippen LogP contribution in [0.15, 0.2) is 23.2 Å². The Bertz CT molecular complexity index is 859. The molecule has 1 aliphatic carbocycles. The van der Waals surface area contributed by atoms with Crippen molar-refractivity contribution in [3.8, 4) is 23.7 Å². The van der Waals surface area contributed by atoms with Gasteiger partial charge in [-0.1, -0.05) is 12.0 Å². The van der Waals surface area contributed by atoms with Gasteiger partial charge in [0.2, 0.25) is 11.7 Å². The summed E-state index contributed by atoms with van der Waals surface area (Å²) in [7, 11) is 1.29. The number of hydrogen-bond donors (Lipinski definition) is 3. The molecular weight excluding hydrogens is 361 g/mol. The fraction of sp³-hybridized carbons (Fsp3) is 0.429. The minimum atomic E-state index is -1.80. The first-order valence-electron chi connectivity index (χ1n) is 8.92. The summed E-state index contributed by atoms with van der Waals surface area (Å²) in [5.41, 5.74) is 6.02. The normalized spacial score (nSPS) is 16.3. The minimum Gasteiger partial charge on any atom is -0.390 e. The zero-order valence-corrected chi connectivity index (χ0v) is 16.0. The number of nitrogens with two attached hydrogens (primary N) is 1. The molecule has 0 saturated heterocycles. The van der Waals surface area contributed by atoms with E-state index in [-0.39, 0.29) is 24.4 Å². The first-order valence-corrected chi connectivity index (χ1v) is 8.92. The Morgan fingerprint density at radius 2 is 2.29 bits per heavy atom. The van der Waals surface area contributed by atoms with Crippen LogP contribution in [-0.4, -0.2) is 42.8 Å². The number of benzene rings is 1. The second kappa shape index (κ2) is 9.89. The average molecular weight is 385 g/mol. The van der Waals surface area contributed by atoms with E-state index in [0.29, 0.717) is 11.5 Å². The Morgan fingerprint density at radius 3 is 2.86 bits per heavy atom. The molecule has 2 atom stereocenters. The van der Waals surface area contributed by atoms with Gasteiger partial charge in [-0.05, 0) is 54.7 Å². The van der Waals surface area contributed by atoms with E-state index in [9.17, 15) is 14.3 Å². The molecule has 0 aromatic heterocycles. The zero-order valence-electron chi connectivity index (χ0n) is 16.0. The Kier molecular flexibility index (Phi) is 7.57. The predicted octanol–water partition coefficient (Wildman–Crippen LogP) is 0.960. The molecule has 6 nitrogen and oxygen atoms in total. The number of nitrogens with one attached hydrogen (secondary N) is 1. The lowest BCUT2D eigenvalue weighted by molar-refractivity contribution is -0.198. The maximum atomic E-state index is 14.4. The molecule has 7 heteroatoms. The number of carbonyl (C=O) groups excluding carboxylic acids is 1. The fourth-order valence-electron chi connectivity index (χ4n) is 2.56. The van der Waals surface area contributed by atoms with Crippen LogP contribution in [0.3, 0.4) is 0 Å². The highest BCUT2D eigenvalue weighted by Crippen LogP contribution is 2.27. The molecule has 1 aliphatic rings. The second-order valence-corrected chi connectivity index (χ2v) is 6.60. The lowest BCUT2D eigenvalue weighted by Gasteiger charge is -2.34. The number of nitrogens with zero attached hydrogens (tertiary/aromatic N) is 1. The van der Waals surface area contributed by atoms with Gasteiger partial charge < -0.3 is 20.9 Å². The van der Waals surface area contributed by atoms with E-state index in [1.54, 1.807) is 12.1 Å². The number of amides is 1. The van der Waals surface area contributed by atoms with Crippen molar-refractivity contribution in [3.63, 3.8) is 0 Å². The summed E-state index contributed by atoms with van der Waals surface area (Å²) < 4.78 is 19.5. The highest BCUT2D eigenvalue weighted by atomic mass is 19.1. The summed E-state index contributed by atoms with van der Waals surface area (Å²) in [5.74, 6) is 8.87. The first kappa shape index (κ1) is 21.4. The van der Waals surface area contributed by atoms with Crippen molar-refractivity contribution < 1.29 is 19.0 Å². The minimum absolute atomic E-state index is 0.121. The molecule has 28 heavy (non-hydrogen) atoms. The second-order valence-electron chi connectivity index (χ2n) is 6.60. The molecule has 148 valence electrons. The molecule has 4 N–H and O–H groups in total. The van der Waals surface area contributed by atoms with Crippen molar-refractivity contribution in [3.05, 3.63) is 35.1 Å². The Morgan fingerprint density at radius 1 is 1.54 bits per heavy atom. The average Bonchev–Trinajstić information content (AvgIpc) is 3.48. The summed E-state index contributed by atoms with van der Waals surface area (Å²) in [4.78, 5) is 15.4. The molecule has 0 heterocycles. The van der Waals surface area contributed by atoms with Gasteiger partial charge in [-0.3, -0.25) is 9.79 Å². The number of rotatable bonds is 7. The van der Waals surface area contributed by atoms with Crippen molar-refractivity contribution >= 4 is 12.2 Å². The van der Waals surface area contributed by atoms with Gasteiger partial charge in [-0.2, -0.15) is 0 Å². The molecule has 0 bridgehead atoms. The third-order valence-electron chi connectivity index (χ3n) is 4.29. The molecule has 0 spiro atoms. The van der Waals surface area contributed by atoms with Crippen LogP contribution in [0.25, 0.3) is 0 Å². The van der Waals surface area contributed by atoms with E-state index < -0.39 is 17.6 Å². The van der Waals surface area contributed by atoms with Gasteiger partial charge in [-0.15, -0.1) is 0 Å². The lowest BCUT2D eigenvalue weighted by Crippen LogP contribution is -2.56. The maximum Gasteiger partial charge on any atom is 0.217 e. The van der Waals surface area contributed by atoms with Crippen molar-refractivity contribution in [2.75, 3.05) is 13.7 Å². The number of hydrogen-bond acceptors (Lipinski definition) is 4. The quantitative estimate of drug-likeness (QED) is 0.282. The zero-order chi connectivity index (χ0) is 20.6. The van der Waals surface area contributed by atoms with E-state index in [2.05, 4.69) is 34.0 Å². The van der Waals surface area contributed by atoms with Gasteiger partial charge in [0.15, 0.2) is 0 Å². The molecule has 1 amide bonds. The third kappa shape index (κ3) is 6.38. The molecule has 0 aliphatic heterocycles. The number of methoxy groups -OCH3 is 1. The number of aliphatic imine (C=N–C) groups is 1. The Labute approximate surface area is 164 Å². The molecule has 1 unspecified atom stereocenters. The van der Waals surface area contributed by atoms with Crippen molar-refractivity contribution in [1.29, 1.82) is 0 Å². The van der Waals surface area contributed by atoms with Gasteiger partial charge in [0.05, 0.1) is 24.5 Å². The predicted molar refractivity (Wildman–Crippen MR) is 105 cm³/mol. The van der Waals surface area contributed by atoms with Crippen LogP contribution in [0.5, 0.6) is 0 Å². The van der Waals surface area contributed by atoms with Crippen molar-refractivity contribution in [1.82, 2.24) is 5.32 Å². The van der Waals surface area contributed by atoms with Gasteiger partial charge in [0, 0.05) is 20.0 Å². The van der Waals surface area contributed by atoms with Crippen LogP contribution < -0.4 is 11.1 Å². The van der Waals surface area contributed by atoms with Crippen LogP contribution in [-0.2, 0) is 16.0 Å². The SMILES string of the molecule is COC(O)(CN=CN)[C@H](Cc1ccc(C#CC#CC2CC2)c(F)c1)NC(C)=O. The first-order chi connectivity index (χ1) is 13.4. The highest BCUT2D eigenvalue weighted by molar-refractivity contribution is 5.73. The lowest BCUT2D eigenvalue weighted by atomic mass is 9.97. The molecule has 2 rings (SSSR count). The van der Waals surface area contributed by atoms with Crippen molar-refractivity contribution in [2.45, 2.75) is 38.0 Å². The van der Waals surface area contributed by atoms with Crippen LogP contribution in [0.2, 0.25) is 0 Å². The van der Waals surface area contributed by atoms with E-state index in [0.717, 1.165) is 19.2 Å². The van der Waals surface area contributed by atoms with Crippen LogP contribution in [0.4, 0.5) is 4.39 Å². The highest BCUT2D eigenvalue weighted by Gasteiger charge is 2.37. The Balaban J connectivity index is 2.18. The van der Waals surface area contributed by atoms with Gasteiger partial charge >= 0.3 is 0 Å². The topological polar surface area (TPSA) is 96.9 Å². The smallest absolute Gasteiger partial charge is 0.217 e. The van der Waals surface area contributed by atoms with Crippen LogP contribution in [0.1, 0.15) is 30.9 Å².